The summed E-state index contributed by atoms with van der Waals surface area (Å²) in [4.78, 5) is 62.2. The fraction of sp³-hybridized carbons (Fsp3) is 0.500. The zero-order valence-electron chi connectivity index (χ0n) is 15.1. The van der Waals surface area contributed by atoms with Crippen LogP contribution >= 0.6 is 15.6 Å². The van der Waals surface area contributed by atoms with Crippen LogP contribution in [0.1, 0.15) is 20.8 Å². The van der Waals surface area contributed by atoms with E-state index < -0.39 is 60.8 Å². The van der Waals surface area contributed by atoms with Crippen molar-refractivity contribution in [1.82, 2.24) is 0 Å². The first kappa shape index (κ1) is 35.8. The topological polar surface area (TPSA) is 303 Å². The molecule has 0 saturated carbocycles. The van der Waals surface area contributed by atoms with Crippen molar-refractivity contribution in [3.05, 3.63) is 0 Å². The van der Waals surface area contributed by atoms with Gasteiger partial charge in [-0.3, -0.25) is 28.0 Å². The third-order valence-electron chi connectivity index (χ3n) is 1.000. The molecule has 0 aromatic heterocycles. The Morgan fingerprint density at radius 2 is 1.10 bits per heavy atom. The van der Waals surface area contributed by atoms with Gasteiger partial charge >= 0.3 is 33.6 Å². The van der Waals surface area contributed by atoms with Gasteiger partial charge in [0, 0.05) is 20.8 Å². The third-order valence-corrected chi connectivity index (χ3v) is 3.00. The lowest BCUT2D eigenvalue weighted by Crippen LogP contribution is -2.09. The summed E-state index contributed by atoms with van der Waals surface area (Å²) >= 11 is -2.61. The molecule has 0 aromatic carbocycles. The molecule has 30 heavy (non-hydrogen) atoms. The van der Waals surface area contributed by atoms with E-state index in [4.69, 9.17) is 37.1 Å². The molecule has 0 fully saturated rings. The maximum atomic E-state index is 11.3. The fourth-order valence-electron chi connectivity index (χ4n) is 0.614. The van der Waals surface area contributed by atoms with Crippen molar-refractivity contribution in [3.63, 3.8) is 0 Å². The van der Waals surface area contributed by atoms with Crippen LogP contribution in [0.3, 0.4) is 0 Å². The molecule has 0 saturated heterocycles. The second-order valence-electron chi connectivity index (χ2n) is 3.86. The molecule has 0 amide bonds. The number of carbonyl (C=O) groups excluding carboxylic acids is 4. The number of phosphoric acid groups is 2. The third kappa shape index (κ3) is 56.3. The van der Waals surface area contributed by atoms with Crippen LogP contribution < -0.4 is 0 Å². The predicted octanol–water partition coefficient (Wildman–Crippen LogP) is -1.39. The van der Waals surface area contributed by atoms with Gasteiger partial charge in [0.1, 0.15) is 12.0 Å². The summed E-state index contributed by atoms with van der Waals surface area (Å²) in [5.74, 6) is -3.78. The standard InChI is InChI=1S/C6H9O7P.C2H4O4S.H3O4P.H2O3S/c1-4(7)11-14(10,12-5(2)8)13-6(3)9;3-1-2-7(4,5)6;1-5(2,3)4;1-4(2)3/h1-3H3;1H,2H2,(H,4,5,6);(H3,1,2,3,4);(H2,1,2,3). The minimum absolute atomic E-state index is 0.120. The van der Waals surface area contributed by atoms with Crippen molar-refractivity contribution < 1.29 is 82.8 Å². The monoisotopic (exact) mass is 528 g/mol. The van der Waals surface area contributed by atoms with Crippen LogP contribution in [-0.2, 0) is 63.4 Å². The number of aldehydes is 1. The Balaban J connectivity index is -0.000000175. The Bertz CT molecular complexity index is 720. The largest absolute Gasteiger partial charge is 0.653 e. The van der Waals surface area contributed by atoms with Gasteiger partial charge in [-0.1, -0.05) is 0 Å². The molecule has 0 atom stereocenters. The van der Waals surface area contributed by atoms with Crippen LogP contribution in [0.2, 0.25) is 0 Å². The number of rotatable bonds is 5. The summed E-state index contributed by atoms with van der Waals surface area (Å²) in [6.07, 6.45) is 0.120. The fourth-order valence-corrected chi connectivity index (χ4v) is 1.84. The maximum Gasteiger partial charge on any atom is 0.653 e. The summed E-state index contributed by atoms with van der Waals surface area (Å²) < 4.78 is 82.2. The molecule has 18 nitrogen and oxygen atoms in total. The van der Waals surface area contributed by atoms with Crippen LogP contribution in [0.5, 0.6) is 0 Å². The van der Waals surface area contributed by atoms with Crippen LogP contribution in [0.4, 0.5) is 0 Å². The molecule has 6 N–H and O–H groups in total. The molecular weight excluding hydrogens is 510 g/mol. The normalized spacial score (nSPS) is 10.5. The van der Waals surface area contributed by atoms with E-state index in [1.165, 1.54) is 0 Å². The van der Waals surface area contributed by atoms with E-state index in [1.54, 1.807) is 0 Å². The smallest absolute Gasteiger partial charge is 0.352 e. The number of carbonyl (C=O) groups is 4. The van der Waals surface area contributed by atoms with E-state index in [2.05, 4.69) is 13.6 Å². The lowest BCUT2D eigenvalue weighted by molar-refractivity contribution is -0.141. The predicted molar refractivity (Wildman–Crippen MR) is 93.0 cm³/mol. The molecule has 0 aromatic rings. The summed E-state index contributed by atoms with van der Waals surface area (Å²) in [6.45, 7) is 2.79. The Labute approximate surface area is 171 Å². The highest BCUT2D eigenvalue weighted by Crippen LogP contribution is 2.49. The van der Waals surface area contributed by atoms with E-state index in [-0.39, 0.29) is 6.29 Å². The maximum absolute atomic E-state index is 11.3. The molecule has 0 aliphatic rings. The summed E-state index contributed by atoms with van der Waals surface area (Å²) in [5.41, 5.74) is 0. The minimum Gasteiger partial charge on any atom is -0.352 e. The first-order valence-corrected chi connectivity index (χ1v) is 11.9. The van der Waals surface area contributed by atoms with Gasteiger partial charge in [0.05, 0.1) is 0 Å². The highest BCUT2D eigenvalue weighted by atomic mass is 32.2. The van der Waals surface area contributed by atoms with E-state index in [1.807, 2.05) is 0 Å². The molecule has 180 valence electrons. The van der Waals surface area contributed by atoms with Crippen LogP contribution in [0.15, 0.2) is 0 Å². The molecule has 0 spiro atoms. The molecule has 22 heteroatoms. The molecular formula is C8H18O18P2S2. The van der Waals surface area contributed by atoms with Crippen LogP contribution in [0, 0.1) is 0 Å². The van der Waals surface area contributed by atoms with Crippen molar-refractivity contribution >= 4 is 61.3 Å². The summed E-state index contributed by atoms with van der Waals surface area (Å²) in [7, 11) is -13.1. The number of hydrogen-bond acceptors (Lipinski definition) is 12. The first-order valence-electron chi connectivity index (χ1n) is 6.22. The van der Waals surface area contributed by atoms with Gasteiger partial charge in [-0.2, -0.15) is 17.2 Å². The zero-order chi connectivity index (χ0) is 25.3. The summed E-state index contributed by atoms with van der Waals surface area (Å²) in [6, 6.07) is 0. The van der Waals surface area contributed by atoms with Crippen molar-refractivity contribution in [2.45, 2.75) is 20.8 Å². The van der Waals surface area contributed by atoms with Crippen molar-refractivity contribution in [3.8, 4) is 0 Å². The average molecular weight is 528 g/mol. The van der Waals surface area contributed by atoms with Gasteiger partial charge in [-0.05, 0) is 0 Å². The number of phosphoric ester groups is 1. The molecule has 0 heterocycles. The lowest BCUT2D eigenvalue weighted by Gasteiger charge is -2.13. The van der Waals surface area contributed by atoms with Crippen LogP contribution in [0.25, 0.3) is 0 Å². The Morgan fingerprint density at radius 1 is 0.900 bits per heavy atom. The highest BCUT2D eigenvalue weighted by Gasteiger charge is 2.36. The van der Waals surface area contributed by atoms with E-state index in [9.17, 15) is 32.2 Å². The molecule has 0 rings (SSSR count). The highest BCUT2D eigenvalue weighted by molar-refractivity contribution is 7.86. The summed E-state index contributed by atoms with van der Waals surface area (Å²) in [5, 5.41) is 0. The molecule has 0 bridgehead atoms. The lowest BCUT2D eigenvalue weighted by atomic mass is 10.9. The van der Waals surface area contributed by atoms with Gasteiger partial charge in [0.2, 0.25) is 0 Å². The van der Waals surface area contributed by atoms with E-state index >= 15 is 0 Å². The van der Waals surface area contributed by atoms with Crippen LogP contribution in [-0.4, -0.2) is 70.9 Å². The Morgan fingerprint density at radius 3 is 1.17 bits per heavy atom. The average Bonchev–Trinajstić information content (AvgIpc) is 2.30. The molecule has 0 aliphatic carbocycles. The first-order chi connectivity index (χ1) is 13.0. The van der Waals surface area contributed by atoms with Gasteiger partial charge in [0.15, 0.2) is 0 Å². The van der Waals surface area contributed by atoms with E-state index in [0.29, 0.717) is 0 Å². The molecule has 0 aliphatic heterocycles. The second kappa shape index (κ2) is 17.1. The SMILES string of the molecule is CC(=O)OP(=O)(OC(C)=O)OC(C)=O.O=CCS(=O)(=O)O.O=P(O)(O)O.O=S(O)O. The minimum atomic E-state index is -4.64. The van der Waals surface area contributed by atoms with Gasteiger partial charge in [-0.15, -0.1) is 0 Å². The number of hydrogen-bond donors (Lipinski definition) is 6. The van der Waals surface area contributed by atoms with Crippen molar-refractivity contribution in [1.29, 1.82) is 0 Å². The zero-order valence-corrected chi connectivity index (χ0v) is 18.5. The van der Waals surface area contributed by atoms with Gasteiger partial charge in [0.25, 0.3) is 21.5 Å². The molecule has 0 unspecified atom stereocenters. The van der Waals surface area contributed by atoms with Gasteiger partial charge < -0.3 is 33.0 Å². The Kier molecular flexibility index (Phi) is 20.4. The van der Waals surface area contributed by atoms with E-state index in [0.717, 1.165) is 20.8 Å². The van der Waals surface area contributed by atoms with Crippen molar-refractivity contribution in [2.24, 2.45) is 0 Å². The van der Waals surface area contributed by atoms with Gasteiger partial charge in [-0.25, -0.2) is 4.57 Å². The molecule has 0 radical (unpaired) electrons. The second-order valence-corrected chi connectivity index (χ2v) is 8.28. The Hall–Kier alpha value is -1.60. The van der Waals surface area contributed by atoms with Crippen molar-refractivity contribution in [2.75, 3.05) is 5.75 Å². The quantitative estimate of drug-likeness (QED) is 0.103.